The fourth-order valence-corrected chi connectivity index (χ4v) is 5.21. The molecule has 0 heteroatoms. The van der Waals surface area contributed by atoms with Crippen molar-refractivity contribution in [3.8, 4) is 22.3 Å². The van der Waals surface area contributed by atoms with Crippen LogP contribution in [0.15, 0.2) is 66.7 Å². The van der Waals surface area contributed by atoms with Gasteiger partial charge in [-0.15, -0.1) is 0 Å². The highest BCUT2D eigenvalue weighted by Gasteiger charge is 2.44. The summed E-state index contributed by atoms with van der Waals surface area (Å²) in [5, 5.41) is 0. The summed E-state index contributed by atoms with van der Waals surface area (Å²) in [4.78, 5) is 0. The van der Waals surface area contributed by atoms with E-state index in [1.54, 1.807) is 11.1 Å². The molecule has 124 valence electrons. The van der Waals surface area contributed by atoms with E-state index in [9.17, 15) is 0 Å². The first kappa shape index (κ1) is 15.0. The molecule has 0 nitrogen and oxygen atoms in total. The van der Waals surface area contributed by atoms with Crippen molar-refractivity contribution in [2.75, 3.05) is 0 Å². The Kier molecular flexibility index (Phi) is 3.35. The van der Waals surface area contributed by atoms with Crippen LogP contribution in [0.25, 0.3) is 22.3 Å². The normalized spacial score (nSPS) is 17.3. The van der Waals surface area contributed by atoms with Crippen LogP contribution in [-0.4, -0.2) is 0 Å². The largest absolute Gasteiger partial charge is 0.0619 e. The molecule has 1 saturated carbocycles. The monoisotopic (exact) mass is 324 g/mol. The Morgan fingerprint density at radius 2 is 1.32 bits per heavy atom. The van der Waals surface area contributed by atoms with Crippen LogP contribution in [-0.2, 0) is 5.41 Å². The highest BCUT2D eigenvalue weighted by atomic mass is 14.5. The fraction of sp³-hybridized carbons (Fsp3) is 0.280. The molecule has 0 bridgehead atoms. The van der Waals surface area contributed by atoms with Gasteiger partial charge in [-0.25, -0.2) is 0 Å². The fourth-order valence-electron chi connectivity index (χ4n) is 5.21. The lowest BCUT2D eigenvalue weighted by molar-refractivity contribution is 0.353. The molecule has 3 aromatic carbocycles. The molecule has 3 aromatic rings. The van der Waals surface area contributed by atoms with E-state index in [1.807, 2.05) is 0 Å². The molecule has 1 spiro atoms. The van der Waals surface area contributed by atoms with Gasteiger partial charge in [0.15, 0.2) is 0 Å². The Morgan fingerprint density at radius 3 is 2.12 bits per heavy atom. The molecule has 5 rings (SSSR count). The molecule has 0 amide bonds. The predicted octanol–water partition coefficient (Wildman–Crippen LogP) is 6.89. The van der Waals surface area contributed by atoms with Gasteiger partial charge in [0, 0.05) is 5.41 Å². The topological polar surface area (TPSA) is 0 Å². The quantitative estimate of drug-likeness (QED) is 0.457. The first-order valence-corrected chi connectivity index (χ1v) is 9.60. The van der Waals surface area contributed by atoms with E-state index in [0.717, 1.165) is 0 Å². The van der Waals surface area contributed by atoms with Crippen molar-refractivity contribution < 1.29 is 0 Å². The van der Waals surface area contributed by atoms with Crippen LogP contribution in [0, 0.1) is 6.92 Å². The molecule has 0 radical (unpaired) electrons. The summed E-state index contributed by atoms with van der Waals surface area (Å²) in [5.41, 5.74) is 10.5. The summed E-state index contributed by atoms with van der Waals surface area (Å²) in [5.74, 6) is 0. The average molecular weight is 324 g/mol. The number of hydrogen-bond donors (Lipinski definition) is 0. The van der Waals surface area contributed by atoms with Gasteiger partial charge in [-0.1, -0.05) is 91.6 Å². The first-order valence-electron chi connectivity index (χ1n) is 9.60. The minimum Gasteiger partial charge on any atom is -0.0619 e. The third-order valence-electron chi connectivity index (χ3n) is 6.35. The molecule has 0 aliphatic heterocycles. The lowest BCUT2D eigenvalue weighted by atomic mass is 9.66. The third-order valence-corrected chi connectivity index (χ3v) is 6.35. The third kappa shape index (κ3) is 2.13. The zero-order chi connectivity index (χ0) is 16.9. The molecule has 1 fully saturated rings. The van der Waals surface area contributed by atoms with E-state index < -0.39 is 0 Å². The number of aryl methyl sites for hydroxylation is 1. The molecule has 2 aliphatic rings. The molecular weight excluding hydrogens is 300 g/mol. The van der Waals surface area contributed by atoms with Gasteiger partial charge in [0.2, 0.25) is 0 Å². The van der Waals surface area contributed by atoms with Gasteiger partial charge in [-0.3, -0.25) is 0 Å². The smallest absolute Gasteiger partial charge is 0.0221 e. The second-order valence-electron chi connectivity index (χ2n) is 7.78. The van der Waals surface area contributed by atoms with Gasteiger partial charge < -0.3 is 0 Å². The molecule has 0 aromatic heterocycles. The molecule has 0 unspecified atom stereocenters. The Bertz CT molecular complexity index is 925. The van der Waals surface area contributed by atoms with Crippen molar-refractivity contribution >= 4 is 0 Å². The Balaban J connectivity index is 1.81. The van der Waals surface area contributed by atoms with E-state index in [4.69, 9.17) is 0 Å². The van der Waals surface area contributed by atoms with Crippen molar-refractivity contribution in [3.05, 3.63) is 83.4 Å². The van der Waals surface area contributed by atoms with Crippen LogP contribution in [0.1, 0.15) is 48.8 Å². The molecule has 0 atom stereocenters. The highest BCUT2D eigenvalue weighted by molar-refractivity contribution is 5.88. The summed E-state index contributed by atoms with van der Waals surface area (Å²) < 4.78 is 0. The molecular formula is C25H24. The number of hydrogen-bond acceptors (Lipinski definition) is 0. The van der Waals surface area contributed by atoms with Crippen molar-refractivity contribution in [1.29, 1.82) is 0 Å². The average Bonchev–Trinajstić information content (AvgIpc) is 2.94. The van der Waals surface area contributed by atoms with Gasteiger partial charge in [0.05, 0.1) is 0 Å². The van der Waals surface area contributed by atoms with Crippen LogP contribution in [0.5, 0.6) is 0 Å². The SMILES string of the molecule is Cc1ccc(-c2cccc3c2C2(CCCCC2)c2ccccc2-3)cc1. The Labute approximate surface area is 150 Å². The van der Waals surface area contributed by atoms with Crippen LogP contribution >= 0.6 is 0 Å². The maximum absolute atomic E-state index is 2.39. The predicted molar refractivity (Wildman–Crippen MR) is 106 cm³/mol. The maximum Gasteiger partial charge on any atom is 0.0221 e. The van der Waals surface area contributed by atoms with E-state index in [2.05, 4.69) is 73.7 Å². The van der Waals surface area contributed by atoms with Gasteiger partial charge in [0.25, 0.3) is 0 Å². The number of benzene rings is 3. The minimum atomic E-state index is 0.228. The Morgan fingerprint density at radius 1 is 0.640 bits per heavy atom. The summed E-state index contributed by atoms with van der Waals surface area (Å²) in [6.07, 6.45) is 6.65. The summed E-state index contributed by atoms with van der Waals surface area (Å²) >= 11 is 0. The minimum absolute atomic E-state index is 0.228. The number of fused-ring (bicyclic) bond motifs is 5. The van der Waals surface area contributed by atoms with Gasteiger partial charge in [-0.05, 0) is 53.1 Å². The lowest BCUT2D eigenvalue weighted by Crippen LogP contribution is -2.28. The van der Waals surface area contributed by atoms with Gasteiger partial charge in [0.1, 0.15) is 0 Å². The molecule has 0 saturated heterocycles. The zero-order valence-corrected chi connectivity index (χ0v) is 14.9. The van der Waals surface area contributed by atoms with Crippen LogP contribution < -0.4 is 0 Å². The molecule has 25 heavy (non-hydrogen) atoms. The maximum atomic E-state index is 2.39. The summed E-state index contributed by atoms with van der Waals surface area (Å²) in [7, 11) is 0. The molecule has 2 aliphatic carbocycles. The summed E-state index contributed by atoms with van der Waals surface area (Å²) in [6, 6.07) is 25.1. The molecule has 0 N–H and O–H groups in total. The van der Waals surface area contributed by atoms with E-state index in [-0.39, 0.29) is 5.41 Å². The van der Waals surface area contributed by atoms with Crippen LogP contribution in [0.3, 0.4) is 0 Å². The number of rotatable bonds is 1. The Hall–Kier alpha value is -2.34. The zero-order valence-electron chi connectivity index (χ0n) is 14.9. The van der Waals surface area contributed by atoms with Crippen LogP contribution in [0.2, 0.25) is 0 Å². The lowest BCUT2D eigenvalue weighted by Gasteiger charge is -2.37. The highest BCUT2D eigenvalue weighted by Crippen LogP contribution is 2.58. The standard InChI is InChI=1S/C25H24/c1-18-12-14-19(15-13-18)20-9-7-10-22-21-8-3-4-11-23(21)25(24(20)22)16-5-2-6-17-25/h3-4,7-15H,2,5-6,16-17H2,1H3. The van der Waals surface area contributed by atoms with Gasteiger partial charge in [-0.2, -0.15) is 0 Å². The van der Waals surface area contributed by atoms with E-state index in [0.29, 0.717) is 0 Å². The van der Waals surface area contributed by atoms with Crippen molar-refractivity contribution in [2.24, 2.45) is 0 Å². The summed E-state index contributed by atoms with van der Waals surface area (Å²) in [6.45, 7) is 2.16. The first-order chi connectivity index (χ1) is 12.3. The second kappa shape index (κ2) is 5.59. The van der Waals surface area contributed by atoms with E-state index in [1.165, 1.54) is 59.9 Å². The van der Waals surface area contributed by atoms with Crippen molar-refractivity contribution in [1.82, 2.24) is 0 Å². The second-order valence-corrected chi connectivity index (χ2v) is 7.78. The van der Waals surface area contributed by atoms with Crippen LogP contribution in [0.4, 0.5) is 0 Å². The molecule has 0 heterocycles. The van der Waals surface area contributed by atoms with Crippen molar-refractivity contribution in [2.45, 2.75) is 44.4 Å². The van der Waals surface area contributed by atoms with Gasteiger partial charge >= 0.3 is 0 Å². The van der Waals surface area contributed by atoms with Crippen molar-refractivity contribution in [3.63, 3.8) is 0 Å². The van der Waals surface area contributed by atoms with E-state index >= 15 is 0 Å².